The lowest BCUT2D eigenvalue weighted by atomic mass is 9.97. The van der Waals surface area contributed by atoms with Gasteiger partial charge in [-0.05, 0) is 6.07 Å². The molecule has 24 heavy (non-hydrogen) atoms. The largest absolute Gasteiger partial charge is 0.466 e. The number of para-hydroxylation sites is 1. The van der Waals surface area contributed by atoms with Crippen molar-refractivity contribution in [1.29, 1.82) is 0 Å². The third kappa shape index (κ3) is 2.88. The summed E-state index contributed by atoms with van der Waals surface area (Å²) in [6, 6.07) is 5.34. The summed E-state index contributed by atoms with van der Waals surface area (Å²) in [5, 5.41) is 16.6. The lowest BCUT2D eigenvalue weighted by Gasteiger charge is -2.21. The number of hydrogen-bond donors (Lipinski definition) is 1. The average Bonchev–Trinajstić information content (AvgIpc) is 3.15. The second kappa shape index (κ2) is 6.59. The molecule has 1 aliphatic heterocycles. The van der Waals surface area contributed by atoms with Crippen LogP contribution in [0.25, 0.3) is 0 Å². The third-order valence-electron chi connectivity index (χ3n) is 3.40. The van der Waals surface area contributed by atoms with E-state index in [9.17, 15) is 14.9 Å². The first kappa shape index (κ1) is 15.8. The molecule has 122 valence electrons. The van der Waals surface area contributed by atoms with Crippen LogP contribution in [0.2, 0.25) is 0 Å². The molecule has 0 saturated carbocycles. The summed E-state index contributed by atoms with van der Waals surface area (Å²) in [6.45, 7) is 0. The summed E-state index contributed by atoms with van der Waals surface area (Å²) >= 11 is 1.37. The van der Waals surface area contributed by atoms with Gasteiger partial charge in [-0.3, -0.25) is 15.1 Å². The second-order valence-corrected chi connectivity index (χ2v) is 5.66. The maximum atomic E-state index is 12.0. The Morgan fingerprint density at radius 2 is 2.21 bits per heavy atom. The normalized spacial score (nSPS) is 16.6. The van der Waals surface area contributed by atoms with Crippen molar-refractivity contribution >= 4 is 28.8 Å². The summed E-state index contributed by atoms with van der Waals surface area (Å²) in [4.78, 5) is 31.5. The van der Waals surface area contributed by atoms with Crippen LogP contribution in [0, 0.1) is 10.1 Å². The highest BCUT2D eigenvalue weighted by atomic mass is 32.1. The number of nitrogens with one attached hydrogen (secondary N) is 1. The number of amidine groups is 1. The molecule has 9 heteroatoms. The molecule has 3 rings (SSSR count). The molecule has 1 unspecified atom stereocenters. The maximum Gasteiger partial charge on any atom is 0.337 e. The Morgan fingerprint density at radius 3 is 2.88 bits per heavy atom. The average molecular weight is 344 g/mol. The molecule has 0 saturated heterocycles. The number of aromatic nitrogens is 1. The fourth-order valence-corrected chi connectivity index (χ4v) is 2.92. The van der Waals surface area contributed by atoms with E-state index < -0.39 is 16.9 Å². The second-order valence-electron chi connectivity index (χ2n) is 4.77. The van der Waals surface area contributed by atoms with Crippen molar-refractivity contribution in [1.82, 2.24) is 10.3 Å². The number of hydrogen-bond acceptors (Lipinski definition) is 8. The van der Waals surface area contributed by atoms with Gasteiger partial charge in [-0.2, -0.15) is 0 Å². The number of nitro benzene ring substituents is 1. The van der Waals surface area contributed by atoms with E-state index in [-0.39, 0.29) is 11.3 Å². The van der Waals surface area contributed by atoms with Crippen molar-refractivity contribution in [3.63, 3.8) is 0 Å². The number of carbonyl (C=O) groups is 1. The SMILES string of the molecule is COC(=O)C1=CNC(c2nccs2)=NC1c1ccccc1[N+](=O)[O-]. The standard InChI is InChI=1S/C15H12N4O4S/c1-23-15(20)10-8-17-13(14-16-6-7-24-14)18-12(10)9-4-2-3-5-11(9)19(21)22/h2-8,12H,1H3,(H,17,18). The van der Waals surface area contributed by atoms with Gasteiger partial charge in [0.15, 0.2) is 10.8 Å². The van der Waals surface area contributed by atoms with Crippen LogP contribution in [0.5, 0.6) is 0 Å². The quantitative estimate of drug-likeness (QED) is 0.518. The molecular formula is C15H12N4O4S. The van der Waals surface area contributed by atoms with Crippen molar-refractivity contribution in [3.05, 3.63) is 68.3 Å². The van der Waals surface area contributed by atoms with E-state index in [1.165, 1.54) is 30.7 Å². The van der Waals surface area contributed by atoms with Crippen LogP contribution in [0.1, 0.15) is 16.6 Å². The first-order valence-corrected chi connectivity index (χ1v) is 7.75. The number of benzene rings is 1. The van der Waals surface area contributed by atoms with Crippen LogP contribution in [-0.4, -0.2) is 28.8 Å². The molecular weight excluding hydrogens is 332 g/mol. The van der Waals surface area contributed by atoms with Crippen molar-refractivity contribution in [3.8, 4) is 0 Å². The molecule has 1 atom stereocenters. The zero-order chi connectivity index (χ0) is 17.1. The predicted octanol–water partition coefficient (Wildman–Crippen LogP) is 2.20. The smallest absolute Gasteiger partial charge is 0.337 e. The minimum Gasteiger partial charge on any atom is -0.466 e. The number of carbonyl (C=O) groups excluding carboxylic acids is 1. The van der Waals surface area contributed by atoms with Crippen LogP contribution < -0.4 is 5.32 Å². The van der Waals surface area contributed by atoms with Gasteiger partial charge < -0.3 is 10.1 Å². The highest BCUT2D eigenvalue weighted by Gasteiger charge is 2.32. The van der Waals surface area contributed by atoms with Gasteiger partial charge in [0.1, 0.15) is 6.04 Å². The molecule has 1 N–H and O–H groups in total. The molecule has 2 aromatic rings. The van der Waals surface area contributed by atoms with Crippen molar-refractivity contribution < 1.29 is 14.5 Å². The van der Waals surface area contributed by atoms with E-state index in [0.717, 1.165) is 0 Å². The topological polar surface area (TPSA) is 107 Å². The van der Waals surface area contributed by atoms with E-state index in [1.807, 2.05) is 0 Å². The monoisotopic (exact) mass is 344 g/mol. The molecule has 8 nitrogen and oxygen atoms in total. The molecule has 1 aromatic carbocycles. The molecule has 0 spiro atoms. The number of nitro groups is 1. The highest BCUT2D eigenvalue weighted by molar-refractivity contribution is 7.11. The molecule has 0 bridgehead atoms. The summed E-state index contributed by atoms with van der Waals surface area (Å²) < 4.78 is 4.77. The van der Waals surface area contributed by atoms with Crippen LogP contribution in [0.15, 0.2) is 52.6 Å². The summed E-state index contributed by atoms with van der Waals surface area (Å²) in [5.41, 5.74) is 0.392. The van der Waals surface area contributed by atoms with Crippen molar-refractivity contribution in [2.45, 2.75) is 6.04 Å². The molecule has 0 amide bonds. The van der Waals surface area contributed by atoms with Crippen LogP contribution in [-0.2, 0) is 9.53 Å². The van der Waals surface area contributed by atoms with Crippen LogP contribution in [0.3, 0.4) is 0 Å². The lowest BCUT2D eigenvalue weighted by molar-refractivity contribution is -0.385. The molecule has 0 radical (unpaired) electrons. The summed E-state index contributed by atoms with van der Waals surface area (Å²) in [5.74, 6) is -0.159. The number of rotatable bonds is 4. The number of ether oxygens (including phenoxy) is 1. The number of esters is 1. The van der Waals surface area contributed by atoms with Crippen molar-refractivity contribution in [2.75, 3.05) is 7.11 Å². The van der Waals surface area contributed by atoms with Gasteiger partial charge in [-0.25, -0.2) is 9.78 Å². The summed E-state index contributed by atoms with van der Waals surface area (Å²) in [6.07, 6.45) is 3.08. The van der Waals surface area contributed by atoms with E-state index in [2.05, 4.69) is 15.3 Å². The number of thiazole rings is 1. The van der Waals surface area contributed by atoms with E-state index in [4.69, 9.17) is 4.74 Å². The van der Waals surface area contributed by atoms with Gasteiger partial charge in [0.25, 0.3) is 5.69 Å². The lowest BCUT2D eigenvalue weighted by Crippen LogP contribution is -2.28. The van der Waals surface area contributed by atoms with E-state index in [1.54, 1.807) is 29.8 Å². The fraction of sp³-hybridized carbons (Fsp3) is 0.133. The van der Waals surface area contributed by atoms with Gasteiger partial charge in [0, 0.05) is 23.8 Å². The first-order valence-electron chi connectivity index (χ1n) is 6.87. The van der Waals surface area contributed by atoms with Gasteiger partial charge in [0.05, 0.1) is 23.2 Å². The predicted molar refractivity (Wildman–Crippen MR) is 87.7 cm³/mol. The molecule has 2 heterocycles. The Morgan fingerprint density at radius 1 is 1.42 bits per heavy atom. The maximum absolute atomic E-state index is 12.0. The fourth-order valence-electron chi connectivity index (χ4n) is 2.33. The van der Waals surface area contributed by atoms with Gasteiger partial charge >= 0.3 is 5.97 Å². The summed E-state index contributed by atoms with van der Waals surface area (Å²) in [7, 11) is 1.25. The Balaban J connectivity index is 2.11. The van der Waals surface area contributed by atoms with E-state index >= 15 is 0 Å². The highest BCUT2D eigenvalue weighted by Crippen LogP contribution is 2.35. The molecule has 1 aliphatic rings. The number of nitrogens with zero attached hydrogens (tertiary/aromatic N) is 3. The Bertz CT molecular complexity index is 845. The Hall–Kier alpha value is -3.07. The van der Waals surface area contributed by atoms with Crippen LogP contribution >= 0.6 is 11.3 Å². The Kier molecular flexibility index (Phi) is 4.34. The minimum atomic E-state index is -0.848. The zero-order valence-corrected chi connectivity index (χ0v) is 13.3. The van der Waals surface area contributed by atoms with Gasteiger partial charge in [-0.1, -0.05) is 12.1 Å². The number of aliphatic imine (C=N–C) groups is 1. The molecule has 0 fully saturated rings. The van der Waals surface area contributed by atoms with Gasteiger partial charge in [-0.15, -0.1) is 11.3 Å². The number of methoxy groups -OCH3 is 1. The molecule has 0 aliphatic carbocycles. The molecule has 1 aromatic heterocycles. The Labute approximate surface area is 140 Å². The third-order valence-corrected chi connectivity index (χ3v) is 4.18. The first-order chi connectivity index (χ1) is 11.6. The van der Waals surface area contributed by atoms with Crippen molar-refractivity contribution in [2.24, 2.45) is 4.99 Å². The van der Waals surface area contributed by atoms with Gasteiger partial charge in [0.2, 0.25) is 0 Å². The van der Waals surface area contributed by atoms with E-state index in [0.29, 0.717) is 16.4 Å². The van der Waals surface area contributed by atoms with Crippen LogP contribution in [0.4, 0.5) is 5.69 Å². The minimum absolute atomic E-state index is 0.110. The zero-order valence-electron chi connectivity index (χ0n) is 12.5.